The Balaban J connectivity index is 2.07. The molecule has 0 radical (unpaired) electrons. The van der Waals surface area contributed by atoms with Gasteiger partial charge in [0.05, 0.1) is 7.11 Å². The van der Waals surface area contributed by atoms with Gasteiger partial charge in [-0.1, -0.05) is 36.4 Å². The highest BCUT2D eigenvalue weighted by atomic mass is 19.4. The van der Waals surface area contributed by atoms with Crippen LogP contribution in [-0.4, -0.2) is 48.0 Å². The summed E-state index contributed by atoms with van der Waals surface area (Å²) in [5.74, 6) is -2.28. The first kappa shape index (κ1) is 21.1. The number of aliphatic imine (C=N–C) groups is 1. The summed E-state index contributed by atoms with van der Waals surface area (Å²) in [6, 6.07) is 13.4. The molecule has 6 nitrogen and oxygen atoms in total. The first-order valence-electron chi connectivity index (χ1n) is 8.85. The lowest BCUT2D eigenvalue weighted by Crippen LogP contribution is -2.63. The third kappa shape index (κ3) is 3.66. The molecule has 0 saturated carbocycles. The molecule has 0 saturated heterocycles. The van der Waals surface area contributed by atoms with E-state index in [0.717, 1.165) is 4.90 Å². The van der Waals surface area contributed by atoms with Crippen molar-refractivity contribution < 1.29 is 27.5 Å². The zero-order valence-electron chi connectivity index (χ0n) is 15.9. The van der Waals surface area contributed by atoms with Gasteiger partial charge in [-0.2, -0.15) is 13.2 Å². The van der Waals surface area contributed by atoms with E-state index in [1.807, 2.05) is 0 Å². The number of ether oxygens (including phenoxy) is 1. The maximum absolute atomic E-state index is 14.1. The molecule has 2 amide bonds. The number of carbonyl (C=O) groups excluding carboxylic acids is 2. The molecule has 1 aliphatic rings. The number of hydrogen-bond donors (Lipinski definition) is 1. The molecule has 156 valence electrons. The predicted molar refractivity (Wildman–Crippen MR) is 104 cm³/mol. The van der Waals surface area contributed by atoms with Gasteiger partial charge in [0.1, 0.15) is 11.6 Å². The van der Waals surface area contributed by atoms with Crippen LogP contribution in [0.15, 0.2) is 72.2 Å². The molecular formula is C21H18F3N3O3. The van der Waals surface area contributed by atoms with Crippen LogP contribution in [0.5, 0.6) is 5.75 Å². The Hall–Kier alpha value is -3.62. The van der Waals surface area contributed by atoms with E-state index in [1.165, 1.54) is 49.6 Å². The molecule has 0 spiro atoms. The van der Waals surface area contributed by atoms with Crippen molar-refractivity contribution in [2.24, 2.45) is 4.99 Å². The van der Waals surface area contributed by atoms with Crippen LogP contribution in [0, 0.1) is 0 Å². The number of carbonyl (C=O) groups is 2. The third-order valence-electron chi connectivity index (χ3n) is 4.48. The van der Waals surface area contributed by atoms with Gasteiger partial charge in [-0.05, 0) is 24.3 Å². The lowest BCUT2D eigenvalue weighted by Gasteiger charge is -2.28. The van der Waals surface area contributed by atoms with Crippen LogP contribution in [0.25, 0.3) is 0 Å². The van der Waals surface area contributed by atoms with Gasteiger partial charge in [-0.3, -0.25) is 14.5 Å². The Morgan fingerprint density at radius 1 is 1.20 bits per heavy atom. The Morgan fingerprint density at radius 3 is 2.37 bits per heavy atom. The van der Waals surface area contributed by atoms with E-state index in [9.17, 15) is 22.8 Å². The van der Waals surface area contributed by atoms with E-state index in [1.54, 1.807) is 23.5 Å². The molecule has 0 bridgehead atoms. The fourth-order valence-electron chi connectivity index (χ4n) is 2.98. The standard InChI is InChI=1S/C21H18F3N3O3/c1-3-13-27-17(14-7-5-4-6-8-14)25-20(19(27)29,21(22,23)24)26-18(28)15-9-11-16(30-2)12-10-15/h3-12H,1,13H2,2H3,(H,26,28)/t20-/m1/s1. The quantitative estimate of drug-likeness (QED) is 0.734. The topological polar surface area (TPSA) is 71.0 Å². The van der Waals surface area contributed by atoms with Crippen molar-refractivity contribution in [2.75, 3.05) is 13.7 Å². The van der Waals surface area contributed by atoms with Crippen molar-refractivity contribution in [1.29, 1.82) is 0 Å². The van der Waals surface area contributed by atoms with Gasteiger partial charge >= 0.3 is 11.8 Å². The normalized spacial score (nSPS) is 18.7. The minimum Gasteiger partial charge on any atom is -0.497 e. The highest BCUT2D eigenvalue weighted by Gasteiger charge is 2.67. The Morgan fingerprint density at radius 2 is 1.83 bits per heavy atom. The van der Waals surface area contributed by atoms with Crippen LogP contribution in [0.2, 0.25) is 0 Å². The van der Waals surface area contributed by atoms with Crippen LogP contribution in [0.1, 0.15) is 15.9 Å². The Kier molecular flexibility index (Phi) is 5.64. The second-order valence-corrected chi connectivity index (χ2v) is 6.40. The summed E-state index contributed by atoms with van der Waals surface area (Å²) in [5, 5.41) is 1.81. The third-order valence-corrected chi connectivity index (χ3v) is 4.48. The molecule has 0 fully saturated rings. The lowest BCUT2D eigenvalue weighted by atomic mass is 10.1. The van der Waals surface area contributed by atoms with Crippen molar-refractivity contribution in [3.05, 3.63) is 78.4 Å². The minimum absolute atomic E-state index is 0.0779. The molecule has 1 heterocycles. The first-order valence-corrected chi connectivity index (χ1v) is 8.85. The van der Waals surface area contributed by atoms with Gasteiger partial charge in [0, 0.05) is 17.7 Å². The van der Waals surface area contributed by atoms with Crippen LogP contribution in [0.3, 0.4) is 0 Å². The first-order chi connectivity index (χ1) is 14.2. The number of rotatable bonds is 6. The van der Waals surface area contributed by atoms with E-state index in [2.05, 4.69) is 11.6 Å². The number of halogens is 3. The van der Waals surface area contributed by atoms with Crippen molar-refractivity contribution in [3.63, 3.8) is 0 Å². The van der Waals surface area contributed by atoms with Crippen molar-refractivity contribution >= 4 is 17.6 Å². The fraction of sp³-hybridized carbons (Fsp3) is 0.190. The summed E-state index contributed by atoms with van der Waals surface area (Å²) < 4.78 is 47.4. The Labute approximate surface area is 170 Å². The molecule has 0 aliphatic carbocycles. The highest BCUT2D eigenvalue weighted by Crippen LogP contribution is 2.38. The molecular weight excluding hydrogens is 399 g/mol. The summed E-state index contributed by atoms with van der Waals surface area (Å²) in [4.78, 5) is 30.1. The molecule has 3 rings (SSSR count). The summed E-state index contributed by atoms with van der Waals surface area (Å²) >= 11 is 0. The monoisotopic (exact) mass is 417 g/mol. The molecule has 1 atom stereocenters. The second kappa shape index (κ2) is 8.02. The van der Waals surface area contributed by atoms with Gasteiger partial charge in [0.15, 0.2) is 0 Å². The van der Waals surface area contributed by atoms with Gasteiger partial charge in [-0.25, -0.2) is 4.99 Å². The fourth-order valence-corrected chi connectivity index (χ4v) is 2.98. The number of methoxy groups -OCH3 is 1. The lowest BCUT2D eigenvalue weighted by molar-refractivity contribution is -0.196. The van der Waals surface area contributed by atoms with Crippen LogP contribution < -0.4 is 10.1 Å². The van der Waals surface area contributed by atoms with E-state index in [4.69, 9.17) is 4.74 Å². The number of nitrogens with zero attached hydrogens (tertiary/aromatic N) is 2. The number of amides is 2. The number of amidine groups is 1. The highest BCUT2D eigenvalue weighted by molar-refractivity contribution is 6.16. The van der Waals surface area contributed by atoms with Gasteiger partial charge in [-0.15, -0.1) is 6.58 Å². The number of alkyl halides is 3. The number of nitrogens with one attached hydrogen (secondary N) is 1. The average Bonchev–Trinajstić information content (AvgIpc) is 3.02. The number of hydrogen-bond acceptors (Lipinski definition) is 4. The number of benzene rings is 2. The summed E-state index contributed by atoms with van der Waals surface area (Å²) in [5.41, 5.74) is -3.22. The molecule has 0 aromatic heterocycles. The van der Waals surface area contributed by atoms with Crippen molar-refractivity contribution in [1.82, 2.24) is 10.2 Å². The van der Waals surface area contributed by atoms with E-state index in [-0.39, 0.29) is 17.9 Å². The zero-order chi connectivity index (χ0) is 21.9. The Bertz CT molecular complexity index is 988. The van der Waals surface area contributed by atoms with Crippen molar-refractivity contribution in [3.8, 4) is 5.75 Å². The van der Waals surface area contributed by atoms with E-state index >= 15 is 0 Å². The molecule has 2 aromatic carbocycles. The van der Waals surface area contributed by atoms with Crippen molar-refractivity contribution in [2.45, 2.75) is 11.8 Å². The second-order valence-electron chi connectivity index (χ2n) is 6.40. The largest absolute Gasteiger partial charge is 0.497 e. The van der Waals surface area contributed by atoms with E-state index in [0.29, 0.717) is 11.3 Å². The molecule has 0 unspecified atom stereocenters. The maximum Gasteiger partial charge on any atom is 0.442 e. The smallest absolute Gasteiger partial charge is 0.442 e. The maximum atomic E-state index is 14.1. The average molecular weight is 417 g/mol. The SMILES string of the molecule is C=CCN1C(=O)[C@@](NC(=O)c2ccc(OC)cc2)(C(F)(F)F)N=C1c1ccccc1. The molecule has 1 N–H and O–H groups in total. The van der Waals surface area contributed by atoms with Gasteiger partial charge < -0.3 is 10.1 Å². The van der Waals surface area contributed by atoms with Gasteiger partial charge in [0.25, 0.3) is 11.8 Å². The molecule has 30 heavy (non-hydrogen) atoms. The van der Waals surface area contributed by atoms with E-state index < -0.39 is 23.7 Å². The van der Waals surface area contributed by atoms with Crippen LogP contribution in [-0.2, 0) is 4.79 Å². The molecule has 1 aliphatic heterocycles. The van der Waals surface area contributed by atoms with Crippen LogP contribution >= 0.6 is 0 Å². The molecule has 9 heteroatoms. The predicted octanol–water partition coefficient (Wildman–Crippen LogP) is 3.16. The van der Waals surface area contributed by atoms with Gasteiger partial charge in [0.2, 0.25) is 0 Å². The molecule has 2 aromatic rings. The summed E-state index contributed by atoms with van der Waals surface area (Å²) in [6.45, 7) is 3.29. The summed E-state index contributed by atoms with van der Waals surface area (Å²) in [7, 11) is 1.42. The minimum atomic E-state index is -5.18. The van der Waals surface area contributed by atoms with Crippen LogP contribution in [0.4, 0.5) is 13.2 Å². The zero-order valence-corrected chi connectivity index (χ0v) is 15.9. The summed E-state index contributed by atoms with van der Waals surface area (Å²) in [6.07, 6.45) is -3.89.